The summed E-state index contributed by atoms with van der Waals surface area (Å²) < 4.78 is 10.6. The molecule has 0 N–H and O–H groups in total. The molecule has 6 aromatic carbocycles. The molecule has 0 fully saturated rings. The highest BCUT2D eigenvalue weighted by Crippen LogP contribution is 2.52. The van der Waals surface area contributed by atoms with Gasteiger partial charge in [-0.05, 0) is 81.3 Å². The van der Waals surface area contributed by atoms with Crippen molar-refractivity contribution in [2.75, 3.05) is 0 Å². The van der Waals surface area contributed by atoms with Gasteiger partial charge in [0.2, 0.25) is 5.82 Å². The van der Waals surface area contributed by atoms with Gasteiger partial charge >= 0.3 is 5.82 Å². The van der Waals surface area contributed by atoms with Crippen LogP contribution in [0.25, 0.3) is 83.6 Å². The molecule has 0 saturated carbocycles. The first-order chi connectivity index (χ1) is 26.0. The van der Waals surface area contributed by atoms with Crippen LogP contribution in [0.1, 0.15) is 30.5 Å². The van der Waals surface area contributed by atoms with E-state index in [4.69, 9.17) is 19.5 Å². The van der Waals surface area contributed by atoms with Crippen molar-refractivity contribution < 1.29 is 9.10 Å². The number of pyridine rings is 1. The van der Waals surface area contributed by atoms with Crippen molar-refractivity contribution in [3.63, 3.8) is 0 Å². The van der Waals surface area contributed by atoms with Gasteiger partial charge in [-0.2, -0.15) is 0 Å². The summed E-state index contributed by atoms with van der Waals surface area (Å²) in [6.07, 6.45) is 0. The molecule has 4 aromatic heterocycles. The minimum Gasteiger partial charge on any atom is -0.456 e. The summed E-state index contributed by atoms with van der Waals surface area (Å²) in [7, 11) is 0. The summed E-state index contributed by atoms with van der Waals surface area (Å²) in [6.45, 7) is 5.24. The SMILES string of the molecule is CC1(C)c2cc3oc4ccccc4c3cc2-c2cc3c4ccccc4n(-c4cccc(-c5nc(-c6ccccc6)[n-][n+]5Cc5ccccc5)n4)c3cc21. The van der Waals surface area contributed by atoms with Crippen molar-refractivity contribution in [1.82, 2.24) is 19.6 Å². The lowest BCUT2D eigenvalue weighted by molar-refractivity contribution is -0.737. The van der Waals surface area contributed by atoms with Crippen LogP contribution in [-0.4, -0.2) is 14.5 Å². The average molecular weight is 684 g/mol. The number of hydrogen-bond donors (Lipinski definition) is 0. The van der Waals surface area contributed by atoms with E-state index in [0.717, 1.165) is 61.4 Å². The fraction of sp³-hybridized carbons (Fsp3) is 0.0851. The van der Waals surface area contributed by atoms with Crippen LogP contribution in [0.4, 0.5) is 0 Å². The smallest absolute Gasteiger partial charge is 0.352 e. The molecule has 0 radical (unpaired) electrons. The van der Waals surface area contributed by atoms with Crippen molar-refractivity contribution >= 4 is 43.7 Å². The Bertz CT molecular complexity index is 3060. The second-order valence-corrected chi connectivity index (χ2v) is 14.5. The maximum atomic E-state index is 6.36. The van der Waals surface area contributed by atoms with Gasteiger partial charge in [0.15, 0.2) is 5.69 Å². The number of para-hydroxylation sites is 2. The van der Waals surface area contributed by atoms with Gasteiger partial charge in [0.05, 0.1) is 11.0 Å². The van der Waals surface area contributed by atoms with Crippen molar-refractivity contribution in [2.24, 2.45) is 0 Å². The standard InChI is InChI=1S/C47H33N5O/c1-47(2)37-26-41-35(24-33(37)34-25-36-32-19-10-12-22-42(32)53-43(36)27-38(34)47)31-18-9-11-21-40(31)52(41)44-23-13-20-39(48-44)46-49-45(30-16-7-4-8-17-30)50-51(46)28-29-14-5-3-6-15-29/h3-27H,28H2,1-2H3. The van der Waals surface area contributed by atoms with Crippen LogP contribution >= 0.6 is 0 Å². The van der Waals surface area contributed by atoms with E-state index in [0.29, 0.717) is 12.4 Å². The maximum Gasteiger partial charge on any atom is 0.352 e. The van der Waals surface area contributed by atoms with Crippen molar-refractivity contribution in [2.45, 2.75) is 25.8 Å². The van der Waals surface area contributed by atoms with E-state index in [2.05, 4.69) is 122 Å². The number of fused-ring (bicyclic) bond motifs is 9. The van der Waals surface area contributed by atoms with Crippen LogP contribution < -0.4 is 9.78 Å². The van der Waals surface area contributed by atoms with Gasteiger partial charge in [-0.1, -0.05) is 117 Å². The number of rotatable bonds is 5. The van der Waals surface area contributed by atoms with Crippen molar-refractivity contribution in [3.05, 3.63) is 168 Å². The molecular formula is C47H33N5O. The quantitative estimate of drug-likeness (QED) is 0.169. The van der Waals surface area contributed by atoms with E-state index in [9.17, 15) is 0 Å². The Morgan fingerprint density at radius 3 is 2.13 bits per heavy atom. The van der Waals surface area contributed by atoms with Gasteiger partial charge in [0.1, 0.15) is 23.5 Å². The van der Waals surface area contributed by atoms with Gasteiger partial charge in [-0.25, -0.2) is 14.8 Å². The summed E-state index contributed by atoms with van der Waals surface area (Å²) in [6, 6.07) is 53.1. The monoisotopic (exact) mass is 683 g/mol. The molecule has 0 spiro atoms. The molecule has 0 saturated heterocycles. The highest BCUT2D eigenvalue weighted by atomic mass is 16.3. The maximum absolute atomic E-state index is 6.36. The molecule has 0 unspecified atom stereocenters. The summed E-state index contributed by atoms with van der Waals surface area (Å²) in [5.41, 5.74) is 11.9. The zero-order chi connectivity index (χ0) is 35.3. The van der Waals surface area contributed by atoms with Gasteiger partial charge in [-0.15, -0.1) is 0 Å². The van der Waals surface area contributed by atoms with E-state index >= 15 is 0 Å². The molecule has 6 nitrogen and oxygen atoms in total. The molecule has 252 valence electrons. The first-order valence-corrected chi connectivity index (χ1v) is 18.1. The lowest BCUT2D eigenvalue weighted by Crippen LogP contribution is -2.40. The van der Waals surface area contributed by atoms with Gasteiger partial charge < -0.3 is 4.42 Å². The summed E-state index contributed by atoms with van der Waals surface area (Å²) in [5, 5.41) is 9.70. The van der Waals surface area contributed by atoms with E-state index < -0.39 is 0 Å². The van der Waals surface area contributed by atoms with E-state index in [1.54, 1.807) is 0 Å². The van der Waals surface area contributed by atoms with Crippen molar-refractivity contribution in [3.8, 4) is 39.9 Å². The second kappa shape index (κ2) is 11.1. The van der Waals surface area contributed by atoms with Gasteiger partial charge in [0.25, 0.3) is 0 Å². The molecule has 53 heavy (non-hydrogen) atoms. The van der Waals surface area contributed by atoms with Crippen molar-refractivity contribution in [1.29, 1.82) is 0 Å². The summed E-state index contributed by atoms with van der Waals surface area (Å²) in [4.78, 5) is 10.4. The Morgan fingerprint density at radius 1 is 0.604 bits per heavy atom. The third-order valence-electron chi connectivity index (χ3n) is 11.0. The lowest BCUT2D eigenvalue weighted by Gasteiger charge is -2.21. The Morgan fingerprint density at radius 2 is 1.30 bits per heavy atom. The Kier molecular flexibility index (Phi) is 6.26. The molecule has 4 heterocycles. The first kappa shape index (κ1) is 29.9. The highest BCUT2D eigenvalue weighted by molar-refractivity contribution is 6.13. The molecule has 0 bridgehead atoms. The third-order valence-corrected chi connectivity index (χ3v) is 11.0. The minimum absolute atomic E-state index is 0.232. The number of benzene rings is 6. The predicted molar refractivity (Wildman–Crippen MR) is 211 cm³/mol. The van der Waals surface area contributed by atoms with Crippen LogP contribution in [0.3, 0.4) is 0 Å². The fourth-order valence-corrected chi connectivity index (χ4v) is 8.44. The topological polar surface area (TPSA) is 61.8 Å². The zero-order valence-corrected chi connectivity index (χ0v) is 29.3. The third kappa shape index (κ3) is 4.48. The van der Waals surface area contributed by atoms with E-state index in [-0.39, 0.29) is 5.41 Å². The number of aromatic nitrogens is 5. The molecule has 6 heteroatoms. The van der Waals surface area contributed by atoms with Crippen LogP contribution in [0.5, 0.6) is 0 Å². The second-order valence-electron chi connectivity index (χ2n) is 14.5. The van der Waals surface area contributed by atoms with E-state index in [1.807, 2.05) is 53.2 Å². The normalized spacial score (nSPS) is 13.3. The average Bonchev–Trinajstić information content (AvgIpc) is 3.93. The molecule has 0 atom stereocenters. The van der Waals surface area contributed by atoms with Crippen LogP contribution in [0, 0.1) is 0 Å². The summed E-state index contributed by atoms with van der Waals surface area (Å²) >= 11 is 0. The molecule has 1 aliphatic rings. The first-order valence-electron chi connectivity index (χ1n) is 18.1. The van der Waals surface area contributed by atoms with Crippen LogP contribution in [-0.2, 0) is 12.0 Å². The number of furan rings is 1. The molecule has 1 aliphatic carbocycles. The summed E-state index contributed by atoms with van der Waals surface area (Å²) in [5.74, 6) is 2.24. The highest BCUT2D eigenvalue weighted by Gasteiger charge is 2.37. The fourth-order valence-electron chi connectivity index (χ4n) is 8.44. The molecule has 10 aromatic rings. The van der Waals surface area contributed by atoms with Crippen LogP contribution in [0.2, 0.25) is 0 Å². The van der Waals surface area contributed by atoms with Gasteiger partial charge in [0, 0.05) is 32.5 Å². The number of nitrogens with zero attached hydrogens (tertiary/aromatic N) is 5. The zero-order valence-electron chi connectivity index (χ0n) is 29.3. The molecule has 11 rings (SSSR count). The predicted octanol–water partition coefficient (Wildman–Crippen LogP) is 10.4. The van der Waals surface area contributed by atoms with Gasteiger partial charge in [-0.3, -0.25) is 4.57 Å². The number of hydrogen-bond acceptors (Lipinski definition) is 3. The minimum atomic E-state index is -0.232. The molecule has 0 amide bonds. The Labute approximate surface area is 305 Å². The molecule has 0 aliphatic heterocycles. The Hall–Kier alpha value is -6.79. The molecular weight excluding hydrogens is 651 g/mol. The largest absolute Gasteiger partial charge is 0.456 e. The van der Waals surface area contributed by atoms with Crippen LogP contribution in [0.15, 0.2) is 156 Å². The van der Waals surface area contributed by atoms with E-state index in [1.165, 1.54) is 33.0 Å². The Balaban J connectivity index is 1.10. The lowest BCUT2D eigenvalue weighted by atomic mass is 9.82.